The Balaban J connectivity index is 2.28. The zero-order valence-corrected chi connectivity index (χ0v) is 9.68. The SMILES string of the molecule is O=C1c2ccc(=O)[nH]c2-c2nccc3ccnc1c23. The number of H-pyrrole nitrogens is 1. The van der Waals surface area contributed by atoms with Crippen molar-refractivity contribution in [1.29, 1.82) is 0 Å². The monoisotopic (exact) mass is 249 g/mol. The normalized spacial score (nSPS) is 12.5. The summed E-state index contributed by atoms with van der Waals surface area (Å²) in [5.74, 6) is -0.183. The molecule has 0 radical (unpaired) electrons. The van der Waals surface area contributed by atoms with Gasteiger partial charge in [-0.15, -0.1) is 0 Å². The summed E-state index contributed by atoms with van der Waals surface area (Å²) in [4.78, 5) is 35.0. The van der Waals surface area contributed by atoms with Crippen molar-refractivity contribution in [3.05, 3.63) is 58.3 Å². The molecular formula is C14H7N3O2. The molecule has 0 saturated carbocycles. The average molecular weight is 249 g/mol. The zero-order chi connectivity index (χ0) is 13.0. The fourth-order valence-corrected chi connectivity index (χ4v) is 2.46. The van der Waals surface area contributed by atoms with Crippen molar-refractivity contribution in [3.8, 4) is 11.4 Å². The van der Waals surface area contributed by atoms with Gasteiger partial charge in [0.2, 0.25) is 11.3 Å². The van der Waals surface area contributed by atoms with Crippen LogP contribution in [0.25, 0.3) is 22.2 Å². The molecule has 3 aromatic rings. The van der Waals surface area contributed by atoms with Gasteiger partial charge in [-0.25, -0.2) is 0 Å². The van der Waals surface area contributed by atoms with Crippen LogP contribution in [0.5, 0.6) is 0 Å². The molecule has 3 aromatic heterocycles. The fraction of sp³-hybridized carbons (Fsp3) is 0. The highest BCUT2D eigenvalue weighted by molar-refractivity contribution is 6.23. The Bertz CT molecular complexity index is 907. The van der Waals surface area contributed by atoms with E-state index in [1.165, 1.54) is 12.1 Å². The van der Waals surface area contributed by atoms with Crippen molar-refractivity contribution in [2.75, 3.05) is 0 Å². The third kappa shape index (κ3) is 1.24. The van der Waals surface area contributed by atoms with Gasteiger partial charge in [0.25, 0.3) is 0 Å². The molecule has 0 atom stereocenters. The number of rotatable bonds is 0. The number of aromatic amines is 1. The van der Waals surface area contributed by atoms with E-state index in [0.717, 1.165) is 5.39 Å². The molecular weight excluding hydrogens is 242 g/mol. The number of pyridine rings is 3. The van der Waals surface area contributed by atoms with Gasteiger partial charge in [-0.1, -0.05) is 0 Å². The van der Waals surface area contributed by atoms with Crippen molar-refractivity contribution in [2.24, 2.45) is 0 Å². The second-order valence-corrected chi connectivity index (χ2v) is 4.36. The molecule has 0 saturated heterocycles. The summed E-state index contributed by atoms with van der Waals surface area (Å²) in [6.45, 7) is 0. The van der Waals surface area contributed by atoms with E-state index in [0.29, 0.717) is 28.0 Å². The van der Waals surface area contributed by atoms with E-state index in [1.54, 1.807) is 12.4 Å². The van der Waals surface area contributed by atoms with E-state index in [1.807, 2.05) is 12.1 Å². The summed E-state index contributed by atoms with van der Waals surface area (Å²) in [5, 5.41) is 1.59. The van der Waals surface area contributed by atoms with E-state index in [2.05, 4.69) is 15.0 Å². The molecule has 0 spiro atoms. The maximum Gasteiger partial charge on any atom is 0.248 e. The average Bonchev–Trinajstić information content (AvgIpc) is 2.44. The van der Waals surface area contributed by atoms with Crippen LogP contribution in [0.4, 0.5) is 0 Å². The highest BCUT2D eigenvalue weighted by Crippen LogP contribution is 2.34. The maximum absolute atomic E-state index is 12.4. The van der Waals surface area contributed by atoms with Crippen molar-refractivity contribution in [3.63, 3.8) is 0 Å². The van der Waals surface area contributed by atoms with E-state index in [9.17, 15) is 9.59 Å². The Kier molecular flexibility index (Phi) is 1.79. The molecule has 1 aliphatic rings. The second-order valence-electron chi connectivity index (χ2n) is 4.36. The van der Waals surface area contributed by atoms with Gasteiger partial charge in [0.15, 0.2) is 0 Å². The molecule has 90 valence electrons. The van der Waals surface area contributed by atoms with Crippen LogP contribution >= 0.6 is 0 Å². The number of carbonyl (C=O) groups is 1. The van der Waals surface area contributed by atoms with Crippen LogP contribution in [-0.4, -0.2) is 20.7 Å². The van der Waals surface area contributed by atoms with Crippen LogP contribution in [0.1, 0.15) is 16.1 Å². The first-order chi connectivity index (χ1) is 9.25. The van der Waals surface area contributed by atoms with Crippen LogP contribution in [0.15, 0.2) is 41.5 Å². The molecule has 4 rings (SSSR count). The Morgan fingerprint density at radius 2 is 1.63 bits per heavy atom. The molecule has 3 heterocycles. The lowest BCUT2D eigenvalue weighted by atomic mass is 9.92. The number of fused-ring (bicyclic) bond motifs is 2. The number of hydrogen-bond donors (Lipinski definition) is 1. The van der Waals surface area contributed by atoms with Gasteiger partial charge in [0.05, 0.1) is 17.0 Å². The number of hydrogen-bond acceptors (Lipinski definition) is 4. The van der Waals surface area contributed by atoms with Crippen LogP contribution in [0.2, 0.25) is 0 Å². The van der Waals surface area contributed by atoms with E-state index < -0.39 is 0 Å². The minimum absolute atomic E-state index is 0.183. The lowest BCUT2D eigenvalue weighted by molar-refractivity contribution is 0.103. The molecule has 5 heteroatoms. The highest BCUT2D eigenvalue weighted by Gasteiger charge is 2.27. The fourth-order valence-electron chi connectivity index (χ4n) is 2.46. The van der Waals surface area contributed by atoms with Gasteiger partial charge < -0.3 is 4.98 Å². The third-order valence-electron chi connectivity index (χ3n) is 3.29. The number of aromatic nitrogens is 3. The van der Waals surface area contributed by atoms with E-state index >= 15 is 0 Å². The zero-order valence-electron chi connectivity index (χ0n) is 9.68. The van der Waals surface area contributed by atoms with Gasteiger partial charge >= 0.3 is 0 Å². The molecule has 0 aliphatic heterocycles. The number of nitrogens with one attached hydrogen (secondary N) is 1. The number of carbonyl (C=O) groups excluding carboxylic acids is 1. The van der Waals surface area contributed by atoms with Crippen molar-refractivity contribution >= 4 is 16.6 Å². The topological polar surface area (TPSA) is 75.7 Å². The summed E-state index contributed by atoms with van der Waals surface area (Å²) in [5.41, 5.74) is 1.65. The smallest absolute Gasteiger partial charge is 0.248 e. The van der Waals surface area contributed by atoms with Gasteiger partial charge in [-0.05, 0) is 23.6 Å². The summed E-state index contributed by atoms with van der Waals surface area (Å²) in [6, 6.07) is 6.51. The molecule has 0 unspecified atom stereocenters. The number of nitrogens with zero attached hydrogens (tertiary/aromatic N) is 2. The lowest BCUT2D eigenvalue weighted by Crippen LogP contribution is -2.17. The van der Waals surface area contributed by atoms with Crippen molar-refractivity contribution in [2.45, 2.75) is 0 Å². The standard InChI is InChI=1S/C14H7N3O2/c18-9-2-1-8-11(17-9)12-10-7(3-5-15-12)4-6-16-13(10)14(8)19/h1-6H,(H,17,18). The maximum atomic E-state index is 12.4. The summed E-state index contributed by atoms with van der Waals surface area (Å²) < 4.78 is 0. The van der Waals surface area contributed by atoms with Crippen LogP contribution in [0.3, 0.4) is 0 Å². The summed E-state index contributed by atoms with van der Waals surface area (Å²) in [7, 11) is 0. The van der Waals surface area contributed by atoms with E-state index in [4.69, 9.17) is 0 Å². The highest BCUT2D eigenvalue weighted by atomic mass is 16.1. The minimum atomic E-state index is -0.252. The minimum Gasteiger partial charge on any atom is -0.320 e. The molecule has 0 fully saturated rings. The Morgan fingerprint density at radius 3 is 2.42 bits per heavy atom. The number of ketones is 1. The van der Waals surface area contributed by atoms with Crippen LogP contribution in [-0.2, 0) is 0 Å². The Hall–Kier alpha value is -2.82. The molecule has 0 amide bonds. The van der Waals surface area contributed by atoms with E-state index in [-0.39, 0.29) is 11.3 Å². The van der Waals surface area contributed by atoms with Gasteiger partial charge in [0, 0.05) is 23.8 Å². The summed E-state index contributed by atoms with van der Waals surface area (Å²) >= 11 is 0. The second kappa shape index (κ2) is 3.35. The van der Waals surface area contributed by atoms with Crippen LogP contribution in [0, 0.1) is 0 Å². The molecule has 0 bridgehead atoms. The first-order valence-electron chi connectivity index (χ1n) is 5.78. The molecule has 19 heavy (non-hydrogen) atoms. The first kappa shape index (κ1) is 10.1. The Morgan fingerprint density at radius 1 is 0.895 bits per heavy atom. The Labute approximate surface area is 107 Å². The first-order valence-corrected chi connectivity index (χ1v) is 5.78. The molecule has 5 nitrogen and oxygen atoms in total. The summed E-state index contributed by atoms with van der Waals surface area (Å²) in [6.07, 6.45) is 3.27. The van der Waals surface area contributed by atoms with Crippen molar-refractivity contribution in [1.82, 2.24) is 15.0 Å². The van der Waals surface area contributed by atoms with Gasteiger partial charge in [-0.2, -0.15) is 0 Å². The van der Waals surface area contributed by atoms with Crippen molar-refractivity contribution < 1.29 is 4.79 Å². The predicted molar refractivity (Wildman–Crippen MR) is 69.0 cm³/mol. The van der Waals surface area contributed by atoms with Gasteiger partial charge in [0.1, 0.15) is 5.69 Å². The molecule has 1 aliphatic carbocycles. The van der Waals surface area contributed by atoms with Gasteiger partial charge in [-0.3, -0.25) is 19.6 Å². The van der Waals surface area contributed by atoms with Crippen LogP contribution < -0.4 is 5.56 Å². The predicted octanol–water partition coefficient (Wildman–Crippen LogP) is 1.53. The largest absolute Gasteiger partial charge is 0.320 e. The molecule has 1 N–H and O–H groups in total. The lowest BCUT2D eigenvalue weighted by Gasteiger charge is -2.16. The molecule has 0 aromatic carbocycles. The quantitative estimate of drug-likeness (QED) is 0.512. The third-order valence-corrected chi connectivity index (χ3v) is 3.29.